The second-order valence-corrected chi connectivity index (χ2v) is 21.1. The lowest BCUT2D eigenvalue weighted by atomic mass is 11.8. The average molecular weight is 284 g/mol. The third kappa shape index (κ3) is 11.2. The summed E-state index contributed by atoms with van der Waals surface area (Å²) in [6.07, 6.45) is 0. The molecule has 0 heterocycles. The minimum absolute atomic E-state index is 0.186. The van der Waals surface area contributed by atoms with Gasteiger partial charge in [0.05, 0.1) is 16.4 Å². The van der Waals surface area contributed by atoms with Crippen molar-refractivity contribution >= 4 is 35.3 Å². The summed E-state index contributed by atoms with van der Waals surface area (Å²) in [5.74, 6) is 0. The number of hydrogen-bond acceptors (Lipinski definition) is 1. The van der Waals surface area contributed by atoms with Crippen LogP contribution in [-0.2, 0) is 10.9 Å². The fourth-order valence-corrected chi connectivity index (χ4v) is 11.7. The number of nitrogens with two attached hydrogens (primary N) is 1. The van der Waals surface area contributed by atoms with Crippen molar-refractivity contribution in [3.05, 3.63) is 0 Å². The van der Waals surface area contributed by atoms with E-state index in [1.165, 1.54) is 5.49 Å². The highest BCUT2D eigenvalue weighted by molar-refractivity contribution is 7.90. The molecule has 0 amide bonds. The van der Waals surface area contributed by atoms with E-state index in [1.54, 1.807) is 0 Å². The van der Waals surface area contributed by atoms with Gasteiger partial charge in [-0.25, -0.2) is 0 Å². The fraction of sp³-hybridized carbons (Fsp3) is 1.00. The minimum Gasteiger partial charge on any atom is -0.337 e. The Kier molecular flexibility index (Phi) is 6.45. The highest BCUT2D eigenvalue weighted by Gasteiger charge is 2.24. The Labute approximate surface area is 102 Å². The first-order chi connectivity index (χ1) is 6.49. The fourth-order valence-electron chi connectivity index (χ4n) is 1.12. The van der Waals surface area contributed by atoms with Gasteiger partial charge in [0.25, 0.3) is 8.24 Å². The maximum Gasteiger partial charge on any atom is 0.285 e. The summed E-state index contributed by atoms with van der Waals surface area (Å²) >= 11 is 0. The van der Waals surface area contributed by atoms with Crippen molar-refractivity contribution < 1.29 is 4.39 Å². The molecule has 0 spiro atoms. The van der Waals surface area contributed by atoms with Crippen molar-refractivity contribution in [2.75, 3.05) is 18.8 Å². The van der Waals surface area contributed by atoms with Crippen LogP contribution in [-0.4, -0.2) is 35.3 Å². The molecule has 1 unspecified atom stereocenters. The van der Waals surface area contributed by atoms with Gasteiger partial charge in [-0.15, -0.1) is 0 Å². The first-order valence-corrected chi connectivity index (χ1v) is 16.3. The predicted octanol–water partition coefficient (Wildman–Crippen LogP) is 2.64. The molecule has 15 heavy (non-hydrogen) atoms. The van der Waals surface area contributed by atoms with E-state index in [1.807, 2.05) is 0 Å². The molecule has 2 N–H and O–H groups in total. The molecule has 0 saturated heterocycles. The smallest absolute Gasteiger partial charge is 0.285 e. The summed E-state index contributed by atoms with van der Waals surface area (Å²) < 4.78 is 7.70. The lowest BCUT2D eigenvalue weighted by Crippen LogP contribution is -2.97. The molecular formula is C9H28N2PSSi2+. The number of quaternary nitrogens is 1. The molecule has 0 aliphatic carbocycles. The van der Waals surface area contributed by atoms with Crippen molar-refractivity contribution in [2.45, 2.75) is 39.3 Å². The molecule has 0 aliphatic heterocycles. The van der Waals surface area contributed by atoms with E-state index in [0.717, 1.165) is 0 Å². The van der Waals surface area contributed by atoms with Crippen molar-refractivity contribution in [1.29, 1.82) is 0 Å². The lowest BCUT2D eigenvalue weighted by Gasteiger charge is -2.20. The van der Waals surface area contributed by atoms with Gasteiger partial charge in [-0.1, -0.05) is 7.92 Å². The zero-order chi connectivity index (χ0) is 12.3. The quantitative estimate of drug-likeness (QED) is 0.594. The predicted molar refractivity (Wildman–Crippen MR) is 82.0 cm³/mol. The Morgan fingerprint density at radius 1 is 1.07 bits per heavy atom. The van der Waals surface area contributed by atoms with E-state index in [0.29, 0.717) is 0 Å². The molecule has 92 valence electrons. The summed E-state index contributed by atoms with van der Waals surface area (Å²) in [4.78, 5) is 0. The van der Waals surface area contributed by atoms with Crippen LogP contribution in [0.25, 0.3) is 0 Å². The highest BCUT2D eigenvalue weighted by atomic mass is 32.2. The van der Waals surface area contributed by atoms with Crippen LogP contribution in [0.5, 0.6) is 0 Å². The van der Waals surface area contributed by atoms with Crippen LogP contribution >= 0.6 is 7.92 Å². The standard InChI is InChI=1S/C9H27N2PSSi2/c1-12(2)9-13(10-14(3,4)5)11-15(6,7)8/h9H2,1-8H3,(H,10,11)/p+1. The van der Waals surface area contributed by atoms with Gasteiger partial charge >= 0.3 is 0 Å². The highest BCUT2D eigenvalue weighted by Crippen LogP contribution is 2.24. The first-order valence-electron chi connectivity index (χ1n) is 5.43. The molecule has 0 aromatic heterocycles. The molecular weight excluding hydrogens is 255 g/mol. The summed E-state index contributed by atoms with van der Waals surface area (Å²) in [5, 5.41) is 0. The first kappa shape index (κ1) is 16.0. The Balaban J connectivity index is 4.67. The molecule has 0 aliphatic rings. The number of rotatable bonds is 5. The van der Waals surface area contributed by atoms with Gasteiger partial charge in [0.2, 0.25) is 0 Å². The van der Waals surface area contributed by atoms with Gasteiger partial charge in [-0.3, -0.25) is 4.03 Å². The van der Waals surface area contributed by atoms with E-state index in [9.17, 15) is 0 Å². The van der Waals surface area contributed by atoms with Gasteiger partial charge in [0, 0.05) is 0 Å². The number of nitrogens with zero attached hydrogens (tertiary/aromatic N) is 1. The van der Waals surface area contributed by atoms with Crippen molar-refractivity contribution in [1.82, 2.24) is 0 Å². The Hall–Kier alpha value is 0.974. The van der Waals surface area contributed by atoms with Crippen LogP contribution in [0.15, 0.2) is 4.03 Å². The van der Waals surface area contributed by atoms with Crippen LogP contribution < -0.4 is 4.39 Å². The molecule has 0 saturated carbocycles. The van der Waals surface area contributed by atoms with Gasteiger partial charge in [-0.05, 0) is 52.6 Å². The van der Waals surface area contributed by atoms with Crippen molar-refractivity contribution in [2.24, 2.45) is 4.03 Å². The summed E-state index contributed by atoms with van der Waals surface area (Å²) in [6, 6.07) is 0. The van der Waals surface area contributed by atoms with E-state index in [-0.39, 0.29) is 18.8 Å². The van der Waals surface area contributed by atoms with Crippen LogP contribution in [0.3, 0.4) is 0 Å². The maximum atomic E-state index is 5.10. The average Bonchev–Trinajstić information content (AvgIpc) is 1.73. The molecule has 0 radical (unpaired) electrons. The van der Waals surface area contributed by atoms with Crippen LogP contribution in [0.2, 0.25) is 39.3 Å². The Bertz CT molecular complexity index is 231. The van der Waals surface area contributed by atoms with E-state index in [2.05, 4.69) is 57.0 Å². The summed E-state index contributed by atoms with van der Waals surface area (Å²) in [7, 11) is -1.86. The molecule has 0 aromatic carbocycles. The third-order valence-corrected chi connectivity index (χ3v) is 11.4. The maximum absolute atomic E-state index is 5.10. The molecule has 0 rings (SSSR count). The molecule has 2 nitrogen and oxygen atoms in total. The van der Waals surface area contributed by atoms with Gasteiger partial charge < -0.3 is 4.39 Å². The normalized spacial score (nSPS) is 16.1. The van der Waals surface area contributed by atoms with E-state index in [4.69, 9.17) is 4.03 Å². The summed E-state index contributed by atoms with van der Waals surface area (Å²) in [5.41, 5.74) is 1.32. The Morgan fingerprint density at radius 3 is 1.80 bits per heavy atom. The molecule has 0 bridgehead atoms. The second-order valence-electron chi connectivity index (χ2n) is 6.36. The SMILES string of the molecule is CP(C)CS(=N[Si](C)(C)C)[NH2+][Si](C)(C)C. The van der Waals surface area contributed by atoms with Crippen molar-refractivity contribution in [3.63, 3.8) is 0 Å². The third-order valence-electron chi connectivity index (χ3n) is 1.27. The number of hydrogen-bond donors (Lipinski definition) is 1. The summed E-state index contributed by atoms with van der Waals surface area (Å²) in [6.45, 7) is 19.0. The zero-order valence-electron chi connectivity index (χ0n) is 11.6. The lowest BCUT2D eigenvalue weighted by molar-refractivity contribution is -0.335. The van der Waals surface area contributed by atoms with E-state index >= 15 is 0 Å². The van der Waals surface area contributed by atoms with Crippen LogP contribution in [0.1, 0.15) is 0 Å². The molecule has 6 heteroatoms. The molecule has 0 aromatic rings. The van der Waals surface area contributed by atoms with E-state index < -0.39 is 16.5 Å². The second kappa shape index (κ2) is 6.06. The van der Waals surface area contributed by atoms with Gasteiger partial charge in [0.15, 0.2) is 8.24 Å². The molecule has 1 atom stereocenters. The largest absolute Gasteiger partial charge is 0.337 e. The molecule has 0 fully saturated rings. The topological polar surface area (TPSA) is 29.0 Å². The van der Waals surface area contributed by atoms with Crippen LogP contribution in [0.4, 0.5) is 0 Å². The van der Waals surface area contributed by atoms with Crippen LogP contribution in [0, 0.1) is 0 Å². The zero-order valence-corrected chi connectivity index (χ0v) is 15.3. The Morgan fingerprint density at radius 2 is 1.53 bits per heavy atom. The van der Waals surface area contributed by atoms with Gasteiger partial charge in [-0.2, -0.15) is 0 Å². The van der Waals surface area contributed by atoms with Crippen molar-refractivity contribution in [3.8, 4) is 0 Å². The monoisotopic (exact) mass is 283 g/mol. The minimum atomic E-state index is -1.25. The van der Waals surface area contributed by atoms with Gasteiger partial charge in [0.1, 0.15) is 0 Å².